The molecule has 0 bridgehead atoms. The molecule has 8 nitrogen and oxygen atoms in total. The molecule has 0 aliphatic heterocycles. The quantitative estimate of drug-likeness (QED) is 0.488. The number of nitrogens with zero attached hydrogens (tertiary/aromatic N) is 5. The predicted octanol–water partition coefficient (Wildman–Crippen LogP) is 4.40. The number of anilines is 2. The Bertz CT molecular complexity index is 1130. The summed E-state index contributed by atoms with van der Waals surface area (Å²) in [6.45, 7) is 4.27. The van der Waals surface area contributed by atoms with Crippen LogP contribution in [-0.4, -0.2) is 36.5 Å². The molecule has 4 aromatic rings. The second-order valence-electron chi connectivity index (χ2n) is 7.55. The number of nitrogens with one attached hydrogen (secondary N) is 2. The molecule has 0 unspecified atom stereocenters. The Morgan fingerprint density at radius 2 is 2.10 bits per heavy atom. The van der Waals surface area contributed by atoms with Crippen LogP contribution in [0.3, 0.4) is 0 Å². The molecule has 0 aromatic carbocycles. The number of ether oxygens (including phenoxy) is 1. The van der Waals surface area contributed by atoms with Crippen molar-refractivity contribution in [1.82, 2.24) is 30.4 Å². The van der Waals surface area contributed by atoms with Gasteiger partial charge < -0.3 is 10.1 Å². The predicted molar refractivity (Wildman–Crippen MR) is 112 cm³/mol. The highest BCUT2D eigenvalue weighted by molar-refractivity contribution is 7.17. The van der Waals surface area contributed by atoms with Gasteiger partial charge in [0.1, 0.15) is 6.10 Å². The lowest BCUT2D eigenvalue weighted by Crippen LogP contribution is -2.33. The van der Waals surface area contributed by atoms with Crippen LogP contribution in [0.15, 0.2) is 36.1 Å². The van der Waals surface area contributed by atoms with Crippen LogP contribution in [0.4, 0.5) is 11.6 Å². The normalized spacial score (nSPS) is 18.7. The fourth-order valence-electron chi connectivity index (χ4n) is 3.54. The van der Waals surface area contributed by atoms with Crippen molar-refractivity contribution >= 4 is 33.2 Å². The zero-order valence-corrected chi connectivity index (χ0v) is 17.0. The SMILES string of the molecule is CC(C)c1ccnnc1OC1CC(c2cc(Nc3nccc4ncsc34)n[nH]2)C1. The van der Waals surface area contributed by atoms with Crippen molar-refractivity contribution in [2.75, 3.05) is 5.32 Å². The summed E-state index contributed by atoms with van der Waals surface area (Å²) in [5, 5.41) is 19.0. The van der Waals surface area contributed by atoms with Crippen molar-refractivity contribution < 1.29 is 4.74 Å². The zero-order valence-electron chi connectivity index (χ0n) is 16.2. The summed E-state index contributed by atoms with van der Waals surface area (Å²) in [4.78, 5) is 8.74. The average molecular weight is 408 g/mol. The number of fused-ring (bicyclic) bond motifs is 1. The number of pyridine rings is 1. The molecule has 4 heterocycles. The Kier molecular flexibility index (Phi) is 4.59. The number of hydrogen-bond acceptors (Lipinski definition) is 8. The first-order valence-corrected chi connectivity index (χ1v) is 10.5. The summed E-state index contributed by atoms with van der Waals surface area (Å²) in [6, 6.07) is 5.93. The van der Waals surface area contributed by atoms with Gasteiger partial charge in [0, 0.05) is 29.4 Å². The molecule has 1 saturated carbocycles. The van der Waals surface area contributed by atoms with Gasteiger partial charge in [-0.3, -0.25) is 5.10 Å². The van der Waals surface area contributed by atoms with Crippen LogP contribution in [0.1, 0.15) is 49.8 Å². The number of rotatable bonds is 6. The number of aromatic amines is 1. The van der Waals surface area contributed by atoms with Crippen LogP contribution in [0.5, 0.6) is 5.88 Å². The lowest BCUT2D eigenvalue weighted by Gasteiger charge is -2.34. The van der Waals surface area contributed by atoms with Gasteiger partial charge in [-0.25, -0.2) is 9.97 Å². The minimum atomic E-state index is 0.154. The van der Waals surface area contributed by atoms with Gasteiger partial charge >= 0.3 is 0 Å². The summed E-state index contributed by atoms with van der Waals surface area (Å²) in [6.07, 6.45) is 5.48. The van der Waals surface area contributed by atoms with Crippen LogP contribution in [0.25, 0.3) is 10.2 Å². The van der Waals surface area contributed by atoms with Crippen LogP contribution < -0.4 is 10.1 Å². The Labute approximate surface area is 171 Å². The molecule has 148 valence electrons. The van der Waals surface area contributed by atoms with Crippen LogP contribution >= 0.6 is 11.3 Å². The topological polar surface area (TPSA) is 102 Å². The van der Waals surface area contributed by atoms with Gasteiger partial charge in [0.25, 0.3) is 0 Å². The van der Waals surface area contributed by atoms with E-state index in [9.17, 15) is 0 Å². The molecule has 0 saturated heterocycles. The first kappa shape index (κ1) is 18.0. The van der Waals surface area contributed by atoms with Crippen molar-refractivity contribution in [3.63, 3.8) is 0 Å². The zero-order chi connectivity index (χ0) is 19.8. The maximum Gasteiger partial charge on any atom is 0.237 e. The number of H-pyrrole nitrogens is 1. The third-order valence-electron chi connectivity index (χ3n) is 5.24. The van der Waals surface area contributed by atoms with E-state index in [0.29, 0.717) is 17.7 Å². The van der Waals surface area contributed by atoms with Crippen molar-refractivity contribution in [2.24, 2.45) is 0 Å². The monoisotopic (exact) mass is 407 g/mol. The van der Waals surface area contributed by atoms with Crippen molar-refractivity contribution in [2.45, 2.75) is 44.6 Å². The lowest BCUT2D eigenvalue weighted by molar-refractivity contribution is 0.0894. The standard InChI is InChI=1S/C20H21N7OS/c1-11(2)14-3-6-23-27-20(14)28-13-7-12(8-13)16-9-17(26-25-16)24-19-18-15(4-5-21-19)22-10-29-18/h3-6,9-13H,7-8H2,1-2H3,(H2,21,24,25,26). The molecule has 29 heavy (non-hydrogen) atoms. The molecule has 0 radical (unpaired) electrons. The lowest BCUT2D eigenvalue weighted by atomic mass is 9.80. The minimum Gasteiger partial charge on any atom is -0.473 e. The highest BCUT2D eigenvalue weighted by atomic mass is 32.1. The Morgan fingerprint density at radius 3 is 2.97 bits per heavy atom. The van der Waals surface area contributed by atoms with Crippen molar-refractivity contribution in [1.29, 1.82) is 0 Å². The summed E-state index contributed by atoms with van der Waals surface area (Å²) in [7, 11) is 0. The molecule has 2 N–H and O–H groups in total. The van der Waals surface area contributed by atoms with Crippen LogP contribution in [0, 0.1) is 0 Å². The molecular weight excluding hydrogens is 386 g/mol. The molecular formula is C20H21N7OS. The van der Waals surface area contributed by atoms with E-state index in [2.05, 4.69) is 49.5 Å². The molecule has 1 aliphatic carbocycles. The largest absolute Gasteiger partial charge is 0.473 e. The van der Waals surface area contributed by atoms with Gasteiger partial charge in [-0.05, 0) is 30.9 Å². The molecule has 4 aromatic heterocycles. The van der Waals surface area contributed by atoms with E-state index in [-0.39, 0.29) is 6.10 Å². The highest BCUT2D eigenvalue weighted by Gasteiger charge is 2.34. The average Bonchev–Trinajstić information content (AvgIpc) is 3.34. The van der Waals surface area contributed by atoms with E-state index in [1.165, 1.54) is 0 Å². The summed E-state index contributed by atoms with van der Waals surface area (Å²) in [5.41, 5.74) is 4.96. The molecule has 5 rings (SSSR count). The fraction of sp³-hybridized carbons (Fsp3) is 0.350. The third-order valence-corrected chi connectivity index (χ3v) is 6.09. The second-order valence-corrected chi connectivity index (χ2v) is 8.40. The summed E-state index contributed by atoms with van der Waals surface area (Å²) in [5.74, 6) is 2.95. The van der Waals surface area contributed by atoms with Gasteiger partial charge in [0.15, 0.2) is 11.6 Å². The summed E-state index contributed by atoms with van der Waals surface area (Å²) >= 11 is 1.56. The van der Waals surface area contributed by atoms with Gasteiger partial charge in [-0.1, -0.05) is 13.8 Å². The van der Waals surface area contributed by atoms with Crippen molar-refractivity contribution in [3.8, 4) is 5.88 Å². The molecule has 0 amide bonds. The molecule has 9 heteroatoms. The highest BCUT2D eigenvalue weighted by Crippen LogP contribution is 2.40. The maximum atomic E-state index is 6.10. The van der Waals surface area contributed by atoms with E-state index in [4.69, 9.17) is 4.74 Å². The first-order valence-electron chi connectivity index (χ1n) is 9.66. The third kappa shape index (κ3) is 3.53. The van der Waals surface area contributed by atoms with Crippen molar-refractivity contribution in [3.05, 3.63) is 47.4 Å². The second kappa shape index (κ2) is 7.40. The van der Waals surface area contributed by atoms with Gasteiger partial charge in [0.2, 0.25) is 5.88 Å². The van der Waals surface area contributed by atoms with Crippen LogP contribution in [-0.2, 0) is 0 Å². The van der Waals surface area contributed by atoms with E-state index in [0.717, 1.165) is 46.0 Å². The Morgan fingerprint density at radius 1 is 1.21 bits per heavy atom. The van der Waals surface area contributed by atoms with E-state index in [1.54, 1.807) is 23.7 Å². The first-order chi connectivity index (χ1) is 14.2. The van der Waals surface area contributed by atoms with E-state index < -0.39 is 0 Å². The molecule has 0 spiro atoms. The minimum absolute atomic E-state index is 0.154. The van der Waals surface area contributed by atoms with E-state index >= 15 is 0 Å². The molecule has 0 atom stereocenters. The molecule has 1 fully saturated rings. The Hall–Kier alpha value is -3.07. The Balaban J connectivity index is 1.22. The van der Waals surface area contributed by atoms with Crippen LogP contribution in [0.2, 0.25) is 0 Å². The number of aromatic nitrogens is 6. The maximum absolute atomic E-state index is 6.10. The molecule has 1 aliphatic rings. The number of hydrogen-bond donors (Lipinski definition) is 2. The van der Waals surface area contributed by atoms with Gasteiger partial charge in [-0.2, -0.15) is 10.2 Å². The summed E-state index contributed by atoms with van der Waals surface area (Å²) < 4.78 is 7.12. The number of thiazole rings is 1. The smallest absolute Gasteiger partial charge is 0.237 e. The van der Waals surface area contributed by atoms with Gasteiger partial charge in [0.05, 0.1) is 21.9 Å². The fourth-order valence-corrected chi connectivity index (χ4v) is 4.27. The van der Waals surface area contributed by atoms with E-state index in [1.807, 2.05) is 23.7 Å². The van der Waals surface area contributed by atoms with Gasteiger partial charge in [-0.15, -0.1) is 16.4 Å².